The summed E-state index contributed by atoms with van der Waals surface area (Å²) in [5, 5.41) is 2.92. The first kappa shape index (κ1) is 16.4. The van der Waals surface area contributed by atoms with Crippen molar-refractivity contribution >= 4 is 5.91 Å². The molecule has 0 aromatic carbocycles. The van der Waals surface area contributed by atoms with E-state index in [1.807, 2.05) is 20.8 Å². The van der Waals surface area contributed by atoms with E-state index in [0.29, 0.717) is 32.2 Å². The van der Waals surface area contributed by atoms with E-state index in [1.54, 1.807) is 7.11 Å². The third kappa shape index (κ3) is 7.31. The van der Waals surface area contributed by atoms with Crippen molar-refractivity contribution in [3.05, 3.63) is 0 Å². The van der Waals surface area contributed by atoms with Crippen molar-refractivity contribution in [3.63, 3.8) is 0 Å². The predicted molar refractivity (Wildman–Crippen MR) is 67.7 cm³/mol. The highest BCUT2D eigenvalue weighted by atomic mass is 16.5. The van der Waals surface area contributed by atoms with Crippen molar-refractivity contribution in [2.45, 2.75) is 39.3 Å². The number of nitrogens with two attached hydrogens (primary N) is 1. The van der Waals surface area contributed by atoms with Crippen LogP contribution in [-0.2, 0) is 14.3 Å². The first-order chi connectivity index (χ1) is 8.02. The molecule has 3 N–H and O–H groups in total. The zero-order valence-electron chi connectivity index (χ0n) is 11.4. The Labute approximate surface area is 104 Å². The summed E-state index contributed by atoms with van der Waals surface area (Å²) in [5.74, 6) is 0.181. The summed E-state index contributed by atoms with van der Waals surface area (Å²) in [6.07, 6.45) is 0.530. The molecule has 0 rings (SSSR count). The molecule has 0 aliphatic carbocycles. The van der Waals surface area contributed by atoms with E-state index in [2.05, 4.69) is 5.32 Å². The molecule has 0 bridgehead atoms. The molecule has 0 spiro atoms. The van der Waals surface area contributed by atoms with Crippen LogP contribution in [0.3, 0.4) is 0 Å². The number of amides is 1. The second kappa shape index (κ2) is 9.39. The van der Waals surface area contributed by atoms with Crippen LogP contribution in [-0.4, -0.2) is 44.9 Å². The fourth-order valence-electron chi connectivity index (χ4n) is 1.31. The van der Waals surface area contributed by atoms with E-state index in [0.717, 1.165) is 0 Å². The molecular weight excluding hydrogens is 220 g/mol. The SMILES string of the molecule is CCOCC(NC(=O)C(N)CCOC)C(C)C. The summed E-state index contributed by atoms with van der Waals surface area (Å²) in [6, 6.07) is -0.506. The lowest BCUT2D eigenvalue weighted by atomic mass is 10.0. The van der Waals surface area contributed by atoms with E-state index < -0.39 is 6.04 Å². The van der Waals surface area contributed by atoms with Crippen LogP contribution < -0.4 is 11.1 Å². The van der Waals surface area contributed by atoms with Gasteiger partial charge in [-0.25, -0.2) is 0 Å². The number of carbonyl (C=O) groups is 1. The largest absolute Gasteiger partial charge is 0.385 e. The van der Waals surface area contributed by atoms with Gasteiger partial charge < -0.3 is 20.5 Å². The molecule has 0 saturated heterocycles. The van der Waals surface area contributed by atoms with Gasteiger partial charge in [-0.2, -0.15) is 0 Å². The third-order valence-corrected chi connectivity index (χ3v) is 2.60. The highest BCUT2D eigenvalue weighted by molar-refractivity contribution is 5.81. The fourth-order valence-corrected chi connectivity index (χ4v) is 1.31. The van der Waals surface area contributed by atoms with E-state index in [9.17, 15) is 4.79 Å². The van der Waals surface area contributed by atoms with Crippen molar-refractivity contribution in [3.8, 4) is 0 Å². The molecule has 0 heterocycles. The monoisotopic (exact) mass is 246 g/mol. The number of hydrogen-bond donors (Lipinski definition) is 2. The molecule has 5 heteroatoms. The van der Waals surface area contributed by atoms with Crippen molar-refractivity contribution in [2.75, 3.05) is 26.9 Å². The Balaban J connectivity index is 4.10. The second-order valence-corrected chi connectivity index (χ2v) is 4.41. The first-order valence-electron chi connectivity index (χ1n) is 6.15. The Morgan fingerprint density at radius 2 is 2.06 bits per heavy atom. The van der Waals surface area contributed by atoms with Gasteiger partial charge >= 0.3 is 0 Å². The minimum absolute atomic E-state index is 0.0102. The summed E-state index contributed by atoms with van der Waals surface area (Å²) in [7, 11) is 1.59. The lowest BCUT2D eigenvalue weighted by Gasteiger charge is -2.23. The first-order valence-corrected chi connectivity index (χ1v) is 6.15. The lowest BCUT2D eigenvalue weighted by molar-refractivity contribution is -0.124. The average Bonchev–Trinajstić information content (AvgIpc) is 2.30. The van der Waals surface area contributed by atoms with E-state index in [4.69, 9.17) is 15.2 Å². The molecule has 2 atom stereocenters. The van der Waals surface area contributed by atoms with Gasteiger partial charge in [0.1, 0.15) is 0 Å². The third-order valence-electron chi connectivity index (χ3n) is 2.60. The average molecular weight is 246 g/mol. The van der Waals surface area contributed by atoms with E-state index in [1.165, 1.54) is 0 Å². The maximum atomic E-state index is 11.8. The summed E-state index contributed by atoms with van der Waals surface area (Å²) >= 11 is 0. The van der Waals surface area contributed by atoms with Gasteiger partial charge in [-0.1, -0.05) is 13.8 Å². The van der Waals surface area contributed by atoms with Gasteiger partial charge in [0.2, 0.25) is 5.91 Å². The minimum atomic E-state index is -0.516. The molecule has 0 fully saturated rings. The van der Waals surface area contributed by atoms with Crippen LogP contribution in [0.15, 0.2) is 0 Å². The smallest absolute Gasteiger partial charge is 0.237 e. The van der Waals surface area contributed by atoms with E-state index >= 15 is 0 Å². The summed E-state index contributed by atoms with van der Waals surface area (Å²) in [5.41, 5.74) is 5.75. The summed E-state index contributed by atoms with van der Waals surface area (Å²) in [4.78, 5) is 11.8. The van der Waals surface area contributed by atoms with Crippen LogP contribution in [0.2, 0.25) is 0 Å². The highest BCUT2D eigenvalue weighted by Gasteiger charge is 2.20. The Bertz CT molecular complexity index is 210. The van der Waals surface area contributed by atoms with Gasteiger partial charge in [0.25, 0.3) is 0 Å². The van der Waals surface area contributed by atoms with Gasteiger partial charge in [-0.05, 0) is 19.3 Å². The number of ether oxygens (including phenoxy) is 2. The molecular formula is C12H26N2O3. The van der Waals surface area contributed by atoms with Crippen molar-refractivity contribution in [2.24, 2.45) is 11.7 Å². The van der Waals surface area contributed by atoms with E-state index in [-0.39, 0.29) is 11.9 Å². The summed E-state index contributed by atoms with van der Waals surface area (Å²) in [6.45, 7) is 7.69. The Kier molecular flexibility index (Phi) is 9.03. The highest BCUT2D eigenvalue weighted by Crippen LogP contribution is 2.03. The van der Waals surface area contributed by atoms with Crippen LogP contribution in [0.4, 0.5) is 0 Å². The number of nitrogens with one attached hydrogen (secondary N) is 1. The Hall–Kier alpha value is -0.650. The van der Waals surface area contributed by atoms with Gasteiger partial charge in [0, 0.05) is 20.3 Å². The number of methoxy groups -OCH3 is 1. The van der Waals surface area contributed by atoms with Crippen LogP contribution in [0.1, 0.15) is 27.2 Å². The molecule has 2 unspecified atom stereocenters. The number of carbonyl (C=O) groups excluding carboxylic acids is 1. The normalized spacial score (nSPS) is 14.7. The Morgan fingerprint density at radius 3 is 2.53 bits per heavy atom. The topological polar surface area (TPSA) is 73.6 Å². The molecule has 0 aromatic rings. The Morgan fingerprint density at radius 1 is 1.41 bits per heavy atom. The van der Waals surface area contributed by atoms with Crippen LogP contribution in [0, 0.1) is 5.92 Å². The molecule has 17 heavy (non-hydrogen) atoms. The molecule has 102 valence electrons. The van der Waals surface area contributed by atoms with Gasteiger partial charge in [0.05, 0.1) is 18.7 Å². The quantitative estimate of drug-likeness (QED) is 0.622. The zero-order chi connectivity index (χ0) is 13.3. The van der Waals surface area contributed by atoms with Crippen molar-refractivity contribution < 1.29 is 14.3 Å². The summed E-state index contributed by atoms with van der Waals surface area (Å²) < 4.78 is 10.2. The fraction of sp³-hybridized carbons (Fsp3) is 0.917. The predicted octanol–water partition coefficient (Wildman–Crippen LogP) is 0.528. The van der Waals surface area contributed by atoms with Gasteiger partial charge in [-0.3, -0.25) is 4.79 Å². The number of rotatable bonds is 9. The van der Waals surface area contributed by atoms with Gasteiger partial charge in [-0.15, -0.1) is 0 Å². The van der Waals surface area contributed by atoms with Gasteiger partial charge in [0.15, 0.2) is 0 Å². The number of hydrogen-bond acceptors (Lipinski definition) is 4. The zero-order valence-corrected chi connectivity index (χ0v) is 11.4. The minimum Gasteiger partial charge on any atom is -0.385 e. The molecule has 5 nitrogen and oxygen atoms in total. The molecule has 0 aromatic heterocycles. The standard InChI is InChI=1S/C12H26N2O3/c1-5-17-8-11(9(2)3)14-12(15)10(13)6-7-16-4/h9-11H,5-8,13H2,1-4H3,(H,14,15). The lowest BCUT2D eigenvalue weighted by Crippen LogP contribution is -2.49. The van der Waals surface area contributed by atoms with Crippen LogP contribution in [0.5, 0.6) is 0 Å². The van der Waals surface area contributed by atoms with Crippen LogP contribution >= 0.6 is 0 Å². The second-order valence-electron chi connectivity index (χ2n) is 4.41. The van der Waals surface area contributed by atoms with Crippen molar-refractivity contribution in [1.82, 2.24) is 5.32 Å². The van der Waals surface area contributed by atoms with Crippen molar-refractivity contribution in [1.29, 1.82) is 0 Å². The van der Waals surface area contributed by atoms with Crippen LogP contribution in [0.25, 0.3) is 0 Å². The maximum Gasteiger partial charge on any atom is 0.237 e. The molecule has 0 saturated carbocycles. The molecule has 1 amide bonds. The maximum absolute atomic E-state index is 11.8. The molecule has 0 aliphatic rings. The molecule has 0 radical (unpaired) electrons. The molecule has 0 aliphatic heterocycles.